The maximum atomic E-state index is 6.05. The van der Waals surface area contributed by atoms with Crippen LogP contribution in [0.2, 0.25) is 0 Å². The molecule has 0 radical (unpaired) electrons. The van der Waals surface area contributed by atoms with E-state index in [1.807, 2.05) is 42.8 Å². The summed E-state index contributed by atoms with van der Waals surface area (Å²) < 4.78 is 7.00. The number of nitrogen functional groups attached to an aromatic ring is 1. The maximum Gasteiger partial charge on any atom is 0.152 e. The first-order valence-electron chi connectivity index (χ1n) is 6.33. The van der Waals surface area contributed by atoms with Gasteiger partial charge in [-0.1, -0.05) is 12.1 Å². The van der Waals surface area contributed by atoms with Crippen LogP contribution < -0.4 is 11.1 Å². The molecule has 0 fully saturated rings. The van der Waals surface area contributed by atoms with Gasteiger partial charge in [-0.2, -0.15) is 5.10 Å². The zero-order valence-electron chi connectivity index (χ0n) is 11.6. The Morgan fingerprint density at radius 1 is 1.42 bits per heavy atom. The molecule has 2 aromatic rings. The lowest BCUT2D eigenvalue weighted by molar-refractivity contribution is 0.185. The normalized spacial score (nSPS) is 10.7. The molecular weight excluding hydrogens is 240 g/mol. The van der Waals surface area contributed by atoms with Crippen molar-refractivity contribution in [3.63, 3.8) is 0 Å². The van der Waals surface area contributed by atoms with E-state index < -0.39 is 0 Å². The highest BCUT2D eigenvalue weighted by Crippen LogP contribution is 2.26. The van der Waals surface area contributed by atoms with E-state index in [4.69, 9.17) is 10.5 Å². The highest BCUT2D eigenvalue weighted by Gasteiger charge is 2.11. The van der Waals surface area contributed by atoms with Crippen LogP contribution in [0.15, 0.2) is 24.3 Å². The number of hydrogen-bond donors (Lipinski definition) is 2. The van der Waals surface area contributed by atoms with Gasteiger partial charge in [0.1, 0.15) is 0 Å². The molecule has 0 bridgehead atoms. The number of aromatic nitrogens is 2. The number of rotatable bonds is 5. The minimum atomic E-state index is 0.594. The number of hydrogen-bond acceptors (Lipinski definition) is 4. The van der Waals surface area contributed by atoms with Gasteiger partial charge in [-0.25, -0.2) is 4.68 Å². The third-order valence-electron chi connectivity index (χ3n) is 2.97. The molecule has 0 atom stereocenters. The smallest absolute Gasteiger partial charge is 0.152 e. The van der Waals surface area contributed by atoms with Crippen LogP contribution in [0.5, 0.6) is 0 Å². The average molecular weight is 260 g/mol. The first-order valence-corrected chi connectivity index (χ1v) is 6.33. The number of benzene rings is 1. The molecule has 5 heteroatoms. The van der Waals surface area contributed by atoms with Crippen LogP contribution in [-0.4, -0.2) is 16.9 Å². The third kappa shape index (κ3) is 2.88. The van der Waals surface area contributed by atoms with E-state index in [1.54, 1.807) is 7.11 Å². The zero-order valence-corrected chi connectivity index (χ0v) is 11.6. The van der Waals surface area contributed by atoms with Crippen molar-refractivity contribution in [2.24, 2.45) is 0 Å². The molecule has 2 rings (SSSR count). The Morgan fingerprint density at radius 2 is 2.21 bits per heavy atom. The predicted molar refractivity (Wildman–Crippen MR) is 77.5 cm³/mol. The molecule has 19 heavy (non-hydrogen) atoms. The van der Waals surface area contributed by atoms with Crippen LogP contribution in [0.3, 0.4) is 0 Å². The Labute approximate surface area is 113 Å². The lowest BCUT2D eigenvalue weighted by Gasteiger charge is -2.10. The SMILES string of the molecule is CCn1nc(C)c(N)c1Nc1cccc(COC)c1. The Hall–Kier alpha value is -2.01. The summed E-state index contributed by atoms with van der Waals surface area (Å²) in [5.74, 6) is 0.842. The molecule has 1 aromatic heterocycles. The number of nitrogens with one attached hydrogen (secondary N) is 1. The van der Waals surface area contributed by atoms with Gasteiger partial charge >= 0.3 is 0 Å². The van der Waals surface area contributed by atoms with Crippen LogP contribution >= 0.6 is 0 Å². The molecule has 0 spiro atoms. The number of ether oxygens (including phenoxy) is 1. The third-order valence-corrected chi connectivity index (χ3v) is 2.97. The zero-order chi connectivity index (χ0) is 13.8. The molecule has 0 aliphatic carbocycles. The lowest BCUT2D eigenvalue weighted by Crippen LogP contribution is -2.04. The summed E-state index contributed by atoms with van der Waals surface area (Å²) >= 11 is 0. The minimum absolute atomic E-state index is 0.594. The Bertz CT molecular complexity index is 563. The van der Waals surface area contributed by atoms with Gasteiger partial charge in [-0.15, -0.1) is 0 Å². The summed E-state index contributed by atoms with van der Waals surface area (Å²) in [4.78, 5) is 0. The highest BCUT2D eigenvalue weighted by molar-refractivity contribution is 5.71. The van der Waals surface area contributed by atoms with Gasteiger partial charge in [-0.3, -0.25) is 0 Å². The quantitative estimate of drug-likeness (QED) is 0.867. The van der Waals surface area contributed by atoms with Crippen molar-refractivity contribution in [3.05, 3.63) is 35.5 Å². The van der Waals surface area contributed by atoms with Crippen molar-refractivity contribution < 1.29 is 4.74 Å². The molecule has 0 saturated carbocycles. The number of anilines is 3. The fourth-order valence-electron chi connectivity index (χ4n) is 2.00. The number of nitrogens with zero attached hydrogens (tertiary/aromatic N) is 2. The molecule has 0 amide bonds. The van der Waals surface area contributed by atoms with E-state index in [9.17, 15) is 0 Å². The van der Waals surface area contributed by atoms with Crippen molar-refractivity contribution in [2.75, 3.05) is 18.2 Å². The number of aryl methyl sites for hydroxylation is 2. The van der Waals surface area contributed by atoms with E-state index in [0.717, 1.165) is 29.3 Å². The summed E-state index contributed by atoms with van der Waals surface area (Å²) in [5.41, 5.74) is 9.69. The summed E-state index contributed by atoms with van der Waals surface area (Å²) in [6.07, 6.45) is 0. The number of methoxy groups -OCH3 is 1. The molecule has 5 nitrogen and oxygen atoms in total. The largest absolute Gasteiger partial charge is 0.394 e. The fourth-order valence-corrected chi connectivity index (χ4v) is 2.00. The standard InChI is InChI=1S/C14H20N4O/c1-4-18-14(13(15)10(2)17-18)16-12-7-5-6-11(8-12)9-19-3/h5-8,16H,4,9,15H2,1-3H3. The number of nitrogens with two attached hydrogens (primary N) is 1. The van der Waals surface area contributed by atoms with Crippen molar-refractivity contribution >= 4 is 17.2 Å². The maximum absolute atomic E-state index is 6.05. The van der Waals surface area contributed by atoms with E-state index in [0.29, 0.717) is 12.3 Å². The summed E-state index contributed by atoms with van der Waals surface area (Å²) in [6.45, 7) is 5.32. The summed E-state index contributed by atoms with van der Waals surface area (Å²) in [5, 5.41) is 7.72. The average Bonchev–Trinajstić information content (AvgIpc) is 2.67. The molecule has 3 N–H and O–H groups in total. The van der Waals surface area contributed by atoms with Gasteiger partial charge in [0, 0.05) is 19.3 Å². The summed E-state index contributed by atoms with van der Waals surface area (Å²) in [6, 6.07) is 8.07. The van der Waals surface area contributed by atoms with Crippen molar-refractivity contribution in [2.45, 2.75) is 27.0 Å². The molecule has 1 heterocycles. The lowest BCUT2D eigenvalue weighted by atomic mass is 10.2. The van der Waals surface area contributed by atoms with Crippen molar-refractivity contribution in [3.8, 4) is 0 Å². The molecule has 0 unspecified atom stereocenters. The second-order valence-corrected chi connectivity index (χ2v) is 4.42. The van der Waals surface area contributed by atoms with Gasteiger partial charge in [-0.05, 0) is 31.5 Å². The van der Waals surface area contributed by atoms with Gasteiger partial charge in [0.15, 0.2) is 5.82 Å². The van der Waals surface area contributed by atoms with Crippen molar-refractivity contribution in [1.29, 1.82) is 0 Å². The van der Waals surface area contributed by atoms with Crippen LogP contribution in [0, 0.1) is 6.92 Å². The first-order chi connectivity index (χ1) is 9.15. The van der Waals surface area contributed by atoms with Crippen LogP contribution in [0.25, 0.3) is 0 Å². The highest BCUT2D eigenvalue weighted by atomic mass is 16.5. The monoisotopic (exact) mass is 260 g/mol. The van der Waals surface area contributed by atoms with E-state index in [1.165, 1.54) is 0 Å². The van der Waals surface area contributed by atoms with E-state index in [2.05, 4.69) is 10.4 Å². The van der Waals surface area contributed by atoms with Crippen LogP contribution in [0.1, 0.15) is 18.2 Å². The molecular formula is C14H20N4O. The Kier molecular flexibility index (Phi) is 4.06. The minimum Gasteiger partial charge on any atom is -0.394 e. The van der Waals surface area contributed by atoms with E-state index >= 15 is 0 Å². The van der Waals surface area contributed by atoms with Crippen LogP contribution in [0.4, 0.5) is 17.2 Å². The Balaban J connectivity index is 2.28. The van der Waals surface area contributed by atoms with Crippen LogP contribution in [-0.2, 0) is 17.9 Å². The topological polar surface area (TPSA) is 65.1 Å². The molecule has 102 valence electrons. The molecule has 0 aliphatic rings. The van der Waals surface area contributed by atoms with Gasteiger partial charge in [0.05, 0.1) is 18.0 Å². The second kappa shape index (κ2) is 5.75. The van der Waals surface area contributed by atoms with E-state index in [-0.39, 0.29) is 0 Å². The molecule has 1 aromatic carbocycles. The second-order valence-electron chi connectivity index (χ2n) is 4.42. The first kappa shape index (κ1) is 13.4. The molecule has 0 aliphatic heterocycles. The molecule has 0 saturated heterocycles. The van der Waals surface area contributed by atoms with Crippen molar-refractivity contribution in [1.82, 2.24) is 9.78 Å². The summed E-state index contributed by atoms with van der Waals surface area (Å²) in [7, 11) is 1.69. The van der Waals surface area contributed by atoms with Gasteiger partial charge in [0.2, 0.25) is 0 Å². The van der Waals surface area contributed by atoms with Gasteiger partial charge < -0.3 is 15.8 Å². The fraction of sp³-hybridized carbons (Fsp3) is 0.357. The predicted octanol–water partition coefficient (Wildman–Crippen LogP) is 2.68. The van der Waals surface area contributed by atoms with Gasteiger partial charge in [0.25, 0.3) is 0 Å². The Morgan fingerprint density at radius 3 is 2.89 bits per heavy atom.